The van der Waals surface area contributed by atoms with Gasteiger partial charge in [0.05, 0.1) is 19.3 Å². The Morgan fingerprint density at radius 1 is 1.25 bits per heavy atom. The van der Waals surface area contributed by atoms with Crippen molar-refractivity contribution in [3.63, 3.8) is 0 Å². The van der Waals surface area contributed by atoms with E-state index in [0.717, 1.165) is 26.2 Å². The average Bonchev–Trinajstić information content (AvgIpc) is 2.90. The molecule has 8 heteroatoms. The van der Waals surface area contributed by atoms with Crippen LogP contribution in [0.4, 0.5) is 4.79 Å². The number of ether oxygens (including phenoxy) is 1. The number of hydrogen-bond donors (Lipinski definition) is 2. The first-order valence-corrected chi connectivity index (χ1v) is 6.76. The normalized spacial score (nSPS) is 28.3. The van der Waals surface area contributed by atoms with E-state index < -0.39 is 17.9 Å². The first-order chi connectivity index (χ1) is 9.49. The van der Waals surface area contributed by atoms with Crippen molar-refractivity contribution in [2.75, 3.05) is 53.5 Å². The van der Waals surface area contributed by atoms with Crippen molar-refractivity contribution >= 4 is 12.0 Å². The van der Waals surface area contributed by atoms with E-state index in [9.17, 15) is 9.59 Å². The number of carbonyl (C=O) groups excluding carboxylic acids is 1. The van der Waals surface area contributed by atoms with Gasteiger partial charge < -0.3 is 19.6 Å². The van der Waals surface area contributed by atoms with E-state index in [2.05, 4.69) is 10.3 Å². The SMILES string of the molecule is CN1CCN(NC(=O)N(C)C2COCC2C(=O)O)CC1. The van der Waals surface area contributed by atoms with Crippen LogP contribution in [-0.4, -0.2) is 91.4 Å². The Morgan fingerprint density at radius 3 is 2.50 bits per heavy atom. The summed E-state index contributed by atoms with van der Waals surface area (Å²) in [5.74, 6) is -1.58. The van der Waals surface area contributed by atoms with Gasteiger partial charge in [0.15, 0.2) is 0 Å². The lowest BCUT2D eigenvalue weighted by Crippen LogP contribution is -2.57. The second-order valence-electron chi connectivity index (χ2n) is 5.37. The Morgan fingerprint density at radius 2 is 1.90 bits per heavy atom. The standard InChI is InChI=1S/C12H22N4O4/c1-14-3-5-16(6-4-14)13-12(19)15(2)10-8-20-7-9(10)11(17)18/h9-10H,3-8H2,1-2H3,(H,13,19)(H,17,18). The molecule has 2 rings (SSSR count). The molecule has 2 saturated heterocycles. The first-order valence-electron chi connectivity index (χ1n) is 6.76. The van der Waals surface area contributed by atoms with Gasteiger partial charge in [0.1, 0.15) is 5.92 Å². The number of aliphatic carboxylic acids is 1. The van der Waals surface area contributed by atoms with Gasteiger partial charge in [-0.25, -0.2) is 9.80 Å². The molecule has 0 radical (unpaired) electrons. The number of likely N-dealkylation sites (N-methyl/N-ethyl adjacent to an activating group) is 2. The molecule has 8 nitrogen and oxygen atoms in total. The van der Waals surface area contributed by atoms with Crippen LogP contribution in [0.1, 0.15) is 0 Å². The number of carbonyl (C=O) groups is 2. The summed E-state index contributed by atoms with van der Waals surface area (Å²) in [6.07, 6.45) is 0. The van der Waals surface area contributed by atoms with Gasteiger partial charge in [-0.15, -0.1) is 0 Å². The number of urea groups is 1. The molecule has 0 aromatic rings. The molecule has 2 atom stereocenters. The van der Waals surface area contributed by atoms with Gasteiger partial charge in [-0.3, -0.25) is 10.2 Å². The van der Waals surface area contributed by atoms with E-state index in [1.807, 2.05) is 12.1 Å². The van der Waals surface area contributed by atoms with Gasteiger partial charge in [0.2, 0.25) is 0 Å². The van der Waals surface area contributed by atoms with Crippen LogP contribution in [0.3, 0.4) is 0 Å². The van der Waals surface area contributed by atoms with Gasteiger partial charge in [0, 0.05) is 33.2 Å². The summed E-state index contributed by atoms with van der Waals surface area (Å²) in [6.45, 7) is 3.75. The Hall–Kier alpha value is -1.38. The van der Waals surface area contributed by atoms with E-state index >= 15 is 0 Å². The second-order valence-corrected chi connectivity index (χ2v) is 5.37. The molecule has 20 heavy (non-hydrogen) atoms. The van der Waals surface area contributed by atoms with Crippen LogP contribution in [0.25, 0.3) is 0 Å². The smallest absolute Gasteiger partial charge is 0.332 e. The zero-order valence-electron chi connectivity index (χ0n) is 11.9. The highest BCUT2D eigenvalue weighted by molar-refractivity contribution is 5.76. The van der Waals surface area contributed by atoms with Crippen LogP contribution in [0.2, 0.25) is 0 Å². The summed E-state index contributed by atoms with van der Waals surface area (Å²) < 4.78 is 5.18. The fourth-order valence-electron chi connectivity index (χ4n) is 2.44. The molecule has 0 aliphatic carbocycles. The van der Waals surface area contributed by atoms with Crippen LogP contribution in [-0.2, 0) is 9.53 Å². The summed E-state index contributed by atoms with van der Waals surface area (Å²) >= 11 is 0. The molecule has 2 aliphatic heterocycles. The maximum atomic E-state index is 12.2. The van der Waals surface area contributed by atoms with E-state index in [1.54, 1.807) is 7.05 Å². The Balaban J connectivity index is 1.87. The largest absolute Gasteiger partial charge is 0.481 e. The van der Waals surface area contributed by atoms with Crippen LogP contribution in [0.5, 0.6) is 0 Å². The van der Waals surface area contributed by atoms with Gasteiger partial charge in [-0.2, -0.15) is 0 Å². The highest BCUT2D eigenvalue weighted by atomic mass is 16.5. The lowest BCUT2D eigenvalue weighted by Gasteiger charge is -2.35. The Labute approximate surface area is 118 Å². The predicted molar refractivity (Wildman–Crippen MR) is 71.1 cm³/mol. The van der Waals surface area contributed by atoms with Crippen molar-refractivity contribution in [2.45, 2.75) is 6.04 Å². The number of carboxylic acids is 1. The molecule has 2 aliphatic rings. The summed E-state index contributed by atoms with van der Waals surface area (Å²) in [5, 5.41) is 11.0. The van der Waals surface area contributed by atoms with Crippen LogP contribution in [0, 0.1) is 5.92 Å². The molecule has 2 unspecified atom stereocenters. The van der Waals surface area contributed by atoms with E-state index in [4.69, 9.17) is 9.84 Å². The van der Waals surface area contributed by atoms with Crippen LogP contribution in [0.15, 0.2) is 0 Å². The van der Waals surface area contributed by atoms with Crippen molar-refractivity contribution in [1.29, 1.82) is 0 Å². The minimum Gasteiger partial charge on any atom is -0.481 e. The molecule has 2 heterocycles. The van der Waals surface area contributed by atoms with Crippen LogP contribution < -0.4 is 5.43 Å². The number of hydrogen-bond acceptors (Lipinski definition) is 5. The number of carboxylic acid groups (broad SMARTS) is 1. The average molecular weight is 286 g/mol. The summed E-state index contributed by atoms with van der Waals surface area (Å²) in [5.41, 5.74) is 2.82. The van der Waals surface area contributed by atoms with E-state index in [-0.39, 0.29) is 19.2 Å². The zero-order valence-corrected chi connectivity index (χ0v) is 11.9. The molecule has 2 N–H and O–H groups in total. The van der Waals surface area contributed by atoms with Crippen molar-refractivity contribution in [3.8, 4) is 0 Å². The summed E-state index contributed by atoms with van der Waals surface area (Å²) in [6, 6.07) is -0.698. The predicted octanol–water partition coefficient (Wildman–Crippen LogP) is -1.11. The third kappa shape index (κ3) is 3.38. The van der Waals surface area contributed by atoms with Gasteiger partial charge in [0.25, 0.3) is 0 Å². The Bertz CT molecular complexity index is 370. The van der Waals surface area contributed by atoms with Crippen molar-refractivity contribution in [1.82, 2.24) is 20.2 Å². The molecule has 0 aromatic heterocycles. The highest BCUT2D eigenvalue weighted by Gasteiger charge is 2.38. The van der Waals surface area contributed by atoms with Gasteiger partial charge in [-0.05, 0) is 7.05 Å². The molecule has 0 spiro atoms. The maximum absolute atomic E-state index is 12.2. The van der Waals surface area contributed by atoms with E-state index in [1.165, 1.54) is 4.90 Å². The number of nitrogens with zero attached hydrogens (tertiary/aromatic N) is 3. The third-order valence-corrected chi connectivity index (χ3v) is 3.94. The number of rotatable bonds is 3. The zero-order chi connectivity index (χ0) is 14.7. The fraction of sp³-hybridized carbons (Fsp3) is 0.833. The molecule has 0 aromatic carbocycles. The summed E-state index contributed by atoms with van der Waals surface area (Å²) in [7, 11) is 3.65. The monoisotopic (exact) mass is 286 g/mol. The van der Waals surface area contributed by atoms with Crippen molar-refractivity contribution < 1.29 is 19.4 Å². The van der Waals surface area contributed by atoms with Gasteiger partial charge in [-0.1, -0.05) is 0 Å². The molecule has 0 saturated carbocycles. The minimum absolute atomic E-state index is 0.159. The minimum atomic E-state index is -0.924. The van der Waals surface area contributed by atoms with E-state index in [0.29, 0.717) is 0 Å². The number of hydrazine groups is 1. The molecule has 2 amide bonds. The second kappa shape index (κ2) is 6.38. The molecule has 2 fully saturated rings. The molecule has 0 bridgehead atoms. The third-order valence-electron chi connectivity index (χ3n) is 3.94. The topological polar surface area (TPSA) is 85.4 Å². The number of amides is 2. The lowest BCUT2D eigenvalue weighted by molar-refractivity contribution is -0.142. The highest BCUT2D eigenvalue weighted by Crippen LogP contribution is 2.19. The van der Waals surface area contributed by atoms with Crippen LogP contribution >= 0.6 is 0 Å². The Kier molecular flexibility index (Phi) is 4.79. The first kappa shape index (κ1) is 15.0. The van der Waals surface area contributed by atoms with Crippen molar-refractivity contribution in [3.05, 3.63) is 0 Å². The number of nitrogens with one attached hydrogen (secondary N) is 1. The quantitative estimate of drug-likeness (QED) is 0.684. The number of piperazine rings is 1. The molecule has 114 valence electrons. The summed E-state index contributed by atoms with van der Waals surface area (Å²) in [4.78, 5) is 26.9. The molecular formula is C12H22N4O4. The molecular weight excluding hydrogens is 264 g/mol. The van der Waals surface area contributed by atoms with Gasteiger partial charge >= 0.3 is 12.0 Å². The maximum Gasteiger partial charge on any atom is 0.332 e. The lowest BCUT2D eigenvalue weighted by atomic mass is 10.0. The van der Waals surface area contributed by atoms with Crippen molar-refractivity contribution in [2.24, 2.45) is 5.92 Å². The fourth-order valence-corrected chi connectivity index (χ4v) is 2.44.